The van der Waals surface area contributed by atoms with Gasteiger partial charge in [0.05, 0.1) is 25.4 Å². The van der Waals surface area contributed by atoms with E-state index in [2.05, 4.69) is 4.98 Å². The number of amides is 2. The van der Waals surface area contributed by atoms with Gasteiger partial charge in [0.2, 0.25) is 11.8 Å². The van der Waals surface area contributed by atoms with Crippen LogP contribution in [0.15, 0.2) is 6.20 Å². The van der Waals surface area contributed by atoms with Crippen LogP contribution in [0.2, 0.25) is 0 Å². The van der Waals surface area contributed by atoms with Gasteiger partial charge in [-0.05, 0) is 20.3 Å². The highest BCUT2D eigenvalue weighted by molar-refractivity contribution is 6.00. The zero-order chi connectivity index (χ0) is 14.9. The highest BCUT2D eigenvalue weighted by atomic mass is 16.5. The molecule has 1 aromatic rings. The summed E-state index contributed by atoms with van der Waals surface area (Å²) in [4.78, 5) is 29.4. The van der Waals surface area contributed by atoms with E-state index in [0.717, 1.165) is 16.9 Å². The van der Waals surface area contributed by atoms with E-state index < -0.39 is 6.04 Å². The molecule has 2 N–H and O–H groups in total. The lowest BCUT2D eigenvalue weighted by molar-refractivity contribution is -0.150. The van der Waals surface area contributed by atoms with Crippen LogP contribution in [0, 0.1) is 13.8 Å². The minimum atomic E-state index is -0.597. The minimum absolute atomic E-state index is 0.147. The van der Waals surface area contributed by atoms with Crippen molar-refractivity contribution in [3.8, 4) is 5.75 Å². The Morgan fingerprint density at radius 3 is 2.80 bits per heavy atom. The Bertz CT molecular complexity index is 557. The Balaban J connectivity index is 2.29. The molecule has 6 nitrogen and oxygen atoms in total. The zero-order valence-corrected chi connectivity index (χ0v) is 12.0. The van der Waals surface area contributed by atoms with E-state index in [4.69, 9.17) is 10.5 Å². The van der Waals surface area contributed by atoms with Gasteiger partial charge in [-0.2, -0.15) is 0 Å². The molecule has 0 aliphatic carbocycles. The van der Waals surface area contributed by atoms with Crippen LogP contribution >= 0.6 is 0 Å². The number of aryl methyl sites for hydroxylation is 1. The molecule has 2 rings (SSSR count). The smallest absolute Gasteiger partial charge is 0.246 e. The number of methoxy groups -OCH3 is 1. The predicted octanol–water partition coefficient (Wildman–Crippen LogP) is 0.683. The van der Waals surface area contributed by atoms with Crippen molar-refractivity contribution in [1.82, 2.24) is 9.88 Å². The number of carbonyl (C=O) groups is 2. The van der Waals surface area contributed by atoms with Crippen LogP contribution < -0.4 is 10.5 Å². The van der Waals surface area contributed by atoms with Crippen molar-refractivity contribution in [3.05, 3.63) is 23.0 Å². The highest BCUT2D eigenvalue weighted by Crippen LogP contribution is 2.25. The Labute approximate surface area is 117 Å². The van der Waals surface area contributed by atoms with E-state index >= 15 is 0 Å². The van der Waals surface area contributed by atoms with Crippen molar-refractivity contribution in [3.63, 3.8) is 0 Å². The predicted molar refractivity (Wildman–Crippen MR) is 73.0 cm³/mol. The van der Waals surface area contributed by atoms with Gasteiger partial charge in [0.25, 0.3) is 0 Å². The van der Waals surface area contributed by atoms with Gasteiger partial charge in [-0.3, -0.25) is 19.5 Å². The van der Waals surface area contributed by atoms with Gasteiger partial charge >= 0.3 is 0 Å². The number of aromatic nitrogens is 1. The third-order valence-corrected chi connectivity index (χ3v) is 3.61. The molecular weight excluding hydrogens is 258 g/mol. The average Bonchev–Trinajstić information content (AvgIpc) is 2.42. The van der Waals surface area contributed by atoms with Crippen LogP contribution in [0.25, 0.3) is 0 Å². The maximum Gasteiger partial charge on any atom is 0.246 e. The van der Waals surface area contributed by atoms with Crippen molar-refractivity contribution in [2.24, 2.45) is 5.73 Å². The number of imide groups is 1. The number of piperidine rings is 1. The standard InChI is InChI=1S/C14H19N3O3/c1-8-6-16-11(9(2)13(8)20-3)7-17-12(18)5-4-10(15)14(17)19/h6,10H,4-5,7,15H2,1-3H3. The molecule has 108 valence electrons. The van der Waals surface area contributed by atoms with Crippen LogP contribution in [-0.2, 0) is 16.1 Å². The fraction of sp³-hybridized carbons (Fsp3) is 0.500. The molecule has 6 heteroatoms. The summed E-state index contributed by atoms with van der Waals surface area (Å²) < 4.78 is 5.33. The normalized spacial score (nSPS) is 19.4. The van der Waals surface area contributed by atoms with E-state index in [-0.39, 0.29) is 18.4 Å². The molecular formula is C14H19N3O3. The van der Waals surface area contributed by atoms with Gasteiger partial charge in [0, 0.05) is 23.7 Å². The Morgan fingerprint density at radius 1 is 1.45 bits per heavy atom. The first-order valence-corrected chi connectivity index (χ1v) is 6.54. The molecule has 2 amide bonds. The van der Waals surface area contributed by atoms with E-state index in [0.29, 0.717) is 18.5 Å². The first-order chi connectivity index (χ1) is 9.45. The molecule has 0 radical (unpaired) electrons. The quantitative estimate of drug-likeness (QED) is 0.821. The van der Waals surface area contributed by atoms with E-state index in [9.17, 15) is 9.59 Å². The number of nitrogens with zero attached hydrogens (tertiary/aromatic N) is 2. The SMILES string of the molecule is COc1c(C)cnc(CN2C(=O)CCC(N)C2=O)c1C. The third kappa shape index (κ3) is 2.51. The monoisotopic (exact) mass is 277 g/mol. The molecule has 1 aliphatic rings. The number of pyridine rings is 1. The number of hydrogen-bond acceptors (Lipinski definition) is 5. The van der Waals surface area contributed by atoms with Crippen molar-refractivity contribution in [2.75, 3.05) is 7.11 Å². The molecule has 1 atom stereocenters. The number of likely N-dealkylation sites (tertiary alicyclic amines) is 1. The molecule has 0 spiro atoms. The van der Waals surface area contributed by atoms with Gasteiger partial charge in [-0.25, -0.2) is 0 Å². The summed E-state index contributed by atoms with van der Waals surface area (Å²) in [7, 11) is 1.59. The number of nitrogens with two attached hydrogens (primary N) is 1. The Morgan fingerprint density at radius 2 is 2.15 bits per heavy atom. The highest BCUT2D eigenvalue weighted by Gasteiger charge is 2.32. The molecule has 0 aromatic carbocycles. The summed E-state index contributed by atoms with van der Waals surface area (Å²) in [6, 6.07) is -0.597. The second-order valence-corrected chi connectivity index (χ2v) is 5.01. The van der Waals surface area contributed by atoms with Gasteiger partial charge in [0.15, 0.2) is 0 Å². The molecule has 20 heavy (non-hydrogen) atoms. The molecule has 0 saturated carbocycles. The summed E-state index contributed by atoms with van der Waals surface area (Å²) in [6.45, 7) is 3.91. The van der Waals surface area contributed by atoms with Crippen molar-refractivity contribution in [2.45, 2.75) is 39.3 Å². The van der Waals surface area contributed by atoms with Crippen LogP contribution in [0.4, 0.5) is 0 Å². The summed E-state index contributed by atoms with van der Waals surface area (Å²) >= 11 is 0. The second-order valence-electron chi connectivity index (χ2n) is 5.01. The lowest BCUT2D eigenvalue weighted by Crippen LogP contribution is -2.50. The second kappa shape index (κ2) is 5.58. The van der Waals surface area contributed by atoms with Crippen LogP contribution in [-0.4, -0.2) is 34.8 Å². The maximum absolute atomic E-state index is 12.0. The molecule has 1 aromatic heterocycles. The Kier molecular flexibility index (Phi) is 4.04. The van der Waals surface area contributed by atoms with Crippen LogP contribution in [0.3, 0.4) is 0 Å². The summed E-state index contributed by atoms with van der Waals surface area (Å²) in [5.41, 5.74) is 8.13. The zero-order valence-electron chi connectivity index (χ0n) is 12.0. The van der Waals surface area contributed by atoms with Crippen molar-refractivity contribution < 1.29 is 14.3 Å². The molecule has 1 fully saturated rings. The van der Waals surface area contributed by atoms with Crippen LogP contribution in [0.5, 0.6) is 5.75 Å². The fourth-order valence-electron chi connectivity index (χ4n) is 2.41. The number of ether oxygens (including phenoxy) is 1. The van der Waals surface area contributed by atoms with E-state index in [1.165, 1.54) is 4.90 Å². The van der Waals surface area contributed by atoms with E-state index in [1.807, 2.05) is 13.8 Å². The first-order valence-electron chi connectivity index (χ1n) is 6.54. The van der Waals surface area contributed by atoms with Gasteiger partial charge < -0.3 is 10.5 Å². The van der Waals surface area contributed by atoms with Gasteiger partial charge in [-0.1, -0.05) is 0 Å². The molecule has 1 saturated heterocycles. The summed E-state index contributed by atoms with van der Waals surface area (Å²) in [5, 5.41) is 0. The molecule has 1 aliphatic heterocycles. The van der Waals surface area contributed by atoms with Crippen molar-refractivity contribution >= 4 is 11.8 Å². The molecule has 2 heterocycles. The summed E-state index contributed by atoms with van der Waals surface area (Å²) in [5.74, 6) is 0.204. The topological polar surface area (TPSA) is 85.5 Å². The van der Waals surface area contributed by atoms with Gasteiger partial charge in [-0.15, -0.1) is 0 Å². The number of rotatable bonds is 3. The Hall–Kier alpha value is -1.95. The number of carbonyl (C=O) groups excluding carboxylic acids is 2. The minimum Gasteiger partial charge on any atom is -0.496 e. The van der Waals surface area contributed by atoms with Crippen molar-refractivity contribution in [1.29, 1.82) is 0 Å². The first kappa shape index (κ1) is 14.5. The lowest BCUT2D eigenvalue weighted by atomic mass is 10.0. The third-order valence-electron chi connectivity index (χ3n) is 3.61. The van der Waals surface area contributed by atoms with Gasteiger partial charge in [0.1, 0.15) is 5.75 Å². The van der Waals surface area contributed by atoms with Crippen LogP contribution in [0.1, 0.15) is 29.7 Å². The average molecular weight is 277 g/mol. The fourth-order valence-corrected chi connectivity index (χ4v) is 2.41. The maximum atomic E-state index is 12.0. The van der Waals surface area contributed by atoms with E-state index in [1.54, 1.807) is 13.3 Å². The molecule has 0 bridgehead atoms. The largest absolute Gasteiger partial charge is 0.496 e. The summed E-state index contributed by atoms with van der Waals surface area (Å²) in [6.07, 6.45) is 2.40. The lowest BCUT2D eigenvalue weighted by Gasteiger charge is -2.29. The molecule has 1 unspecified atom stereocenters. The number of hydrogen-bond donors (Lipinski definition) is 1.